The summed E-state index contributed by atoms with van der Waals surface area (Å²) < 4.78 is 52.3. The topological polar surface area (TPSA) is 80.2 Å². The Hall–Kier alpha value is -3.95. The second-order valence-electron chi connectivity index (χ2n) is 7.22. The van der Waals surface area contributed by atoms with Crippen molar-refractivity contribution in [3.05, 3.63) is 99.7 Å². The summed E-state index contributed by atoms with van der Waals surface area (Å²) in [4.78, 5) is 36.4. The smallest absolute Gasteiger partial charge is 0.348 e. The van der Waals surface area contributed by atoms with Crippen molar-refractivity contribution >= 4 is 17.5 Å². The molecule has 0 spiro atoms. The highest BCUT2D eigenvalue weighted by Crippen LogP contribution is 2.26. The number of benzene rings is 2. The van der Waals surface area contributed by atoms with Crippen molar-refractivity contribution in [3.8, 4) is 0 Å². The van der Waals surface area contributed by atoms with Crippen molar-refractivity contribution in [2.75, 3.05) is 5.32 Å². The molecule has 172 valence electrons. The molecule has 0 aliphatic carbocycles. The van der Waals surface area contributed by atoms with Gasteiger partial charge in [-0.1, -0.05) is 12.1 Å². The maximum absolute atomic E-state index is 13.0. The molecule has 0 bridgehead atoms. The van der Waals surface area contributed by atoms with E-state index in [1.165, 1.54) is 24.3 Å². The first-order valence-corrected chi connectivity index (χ1v) is 9.77. The lowest BCUT2D eigenvalue weighted by Gasteiger charge is -2.16. The Bertz CT molecular complexity index is 1200. The minimum atomic E-state index is -4.81. The average Bonchev–Trinajstić information content (AvgIpc) is 2.75. The Morgan fingerprint density at radius 3 is 2.24 bits per heavy atom. The molecule has 0 saturated heterocycles. The minimum absolute atomic E-state index is 0.283. The van der Waals surface area contributed by atoms with E-state index >= 15 is 0 Å². The fourth-order valence-corrected chi connectivity index (χ4v) is 3.06. The van der Waals surface area contributed by atoms with Crippen LogP contribution in [0, 0.1) is 5.82 Å². The molecule has 2 amide bonds. The first-order chi connectivity index (χ1) is 15.5. The normalized spacial score (nSPS) is 12.2. The van der Waals surface area contributed by atoms with Crippen LogP contribution in [0.1, 0.15) is 34.5 Å². The van der Waals surface area contributed by atoms with E-state index in [1.807, 2.05) is 0 Å². The second-order valence-corrected chi connectivity index (χ2v) is 7.22. The predicted molar refractivity (Wildman–Crippen MR) is 113 cm³/mol. The fraction of sp³-hybridized carbons (Fsp3) is 0.174. The van der Waals surface area contributed by atoms with Crippen LogP contribution >= 0.6 is 0 Å². The summed E-state index contributed by atoms with van der Waals surface area (Å²) in [6.07, 6.45) is -3.70. The number of nitrogens with zero attached hydrogens (tertiary/aromatic N) is 1. The van der Waals surface area contributed by atoms with Crippen LogP contribution in [0.3, 0.4) is 0 Å². The van der Waals surface area contributed by atoms with Crippen LogP contribution in [0.15, 0.2) is 71.7 Å². The highest BCUT2D eigenvalue weighted by atomic mass is 19.4. The molecule has 0 aliphatic heterocycles. The van der Waals surface area contributed by atoms with E-state index in [4.69, 9.17) is 0 Å². The third kappa shape index (κ3) is 6.06. The molecule has 0 aliphatic rings. The molecule has 2 N–H and O–H groups in total. The minimum Gasteiger partial charge on any atom is -0.348 e. The van der Waals surface area contributed by atoms with Crippen molar-refractivity contribution in [1.29, 1.82) is 0 Å². The number of pyridine rings is 1. The van der Waals surface area contributed by atoms with Crippen LogP contribution in [-0.2, 0) is 17.5 Å². The molecule has 0 fully saturated rings. The van der Waals surface area contributed by atoms with Crippen molar-refractivity contribution in [2.45, 2.75) is 25.7 Å². The molecule has 2 aromatic carbocycles. The molecule has 33 heavy (non-hydrogen) atoms. The highest BCUT2D eigenvalue weighted by molar-refractivity contribution is 6.04. The summed E-state index contributed by atoms with van der Waals surface area (Å²) in [7, 11) is 0. The summed E-state index contributed by atoms with van der Waals surface area (Å²) in [6.45, 7) is 1.10. The largest absolute Gasteiger partial charge is 0.421 e. The summed E-state index contributed by atoms with van der Waals surface area (Å²) >= 11 is 0. The average molecular weight is 461 g/mol. The molecule has 3 aromatic rings. The lowest BCUT2D eigenvalue weighted by atomic mass is 10.1. The molecule has 6 nitrogen and oxygen atoms in total. The van der Waals surface area contributed by atoms with Gasteiger partial charge in [0.1, 0.15) is 17.9 Å². The van der Waals surface area contributed by atoms with Gasteiger partial charge in [0, 0.05) is 17.4 Å². The number of rotatable bonds is 6. The van der Waals surface area contributed by atoms with Gasteiger partial charge in [0.05, 0.1) is 6.04 Å². The Morgan fingerprint density at radius 2 is 1.64 bits per heavy atom. The van der Waals surface area contributed by atoms with E-state index < -0.39 is 47.5 Å². The van der Waals surface area contributed by atoms with Crippen LogP contribution in [0.2, 0.25) is 0 Å². The van der Waals surface area contributed by atoms with Gasteiger partial charge in [-0.25, -0.2) is 4.39 Å². The summed E-state index contributed by atoms with van der Waals surface area (Å²) in [5.74, 6) is -1.52. The van der Waals surface area contributed by atoms with Crippen LogP contribution < -0.4 is 16.2 Å². The lowest BCUT2D eigenvalue weighted by Crippen LogP contribution is -2.35. The molecule has 10 heteroatoms. The summed E-state index contributed by atoms with van der Waals surface area (Å²) in [5.41, 5.74) is -1.22. The Kier molecular flexibility index (Phi) is 6.95. The van der Waals surface area contributed by atoms with Crippen LogP contribution in [0.5, 0.6) is 0 Å². The van der Waals surface area contributed by atoms with Gasteiger partial charge >= 0.3 is 6.18 Å². The number of carbonyl (C=O) groups is 2. The number of nitrogens with one attached hydrogen (secondary N) is 2. The standard InChI is InChI=1S/C23H19F4N3O3/c1-14(28-20(31)13-30-12-2-3-19(22(30)33)23(25,26)27)15-6-10-18(11-7-15)29-21(32)16-4-8-17(24)9-5-16/h2-12,14H,13H2,1H3,(H,28,31)(H,29,32)/t14-/m1/s1. The van der Waals surface area contributed by atoms with E-state index in [2.05, 4.69) is 10.6 Å². The molecule has 1 aromatic heterocycles. The predicted octanol–water partition coefficient (Wildman–Crippen LogP) is 4.14. The molecular formula is C23H19F4N3O3. The Balaban J connectivity index is 1.61. The molecule has 0 radical (unpaired) electrons. The van der Waals surface area contributed by atoms with E-state index in [-0.39, 0.29) is 5.56 Å². The molecule has 3 rings (SSSR count). The van der Waals surface area contributed by atoms with E-state index in [0.717, 1.165) is 12.3 Å². The zero-order chi connectivity index (χ0) is 24.2. The number of carbonyl (C=O) groups excluding carboxylic acids is 2. The third-order valence-corrected chi connectivity index (χ3v) is 4.79. The first kappa shape index (κ1) is 23.7. The number of anilines is 1. The number of halogens is 4. The number of aromatic nitrogens is 1. The first-order valence-electron chi connectivity index (χ1n) is 9.77. The molecular weight excluding hydrogens is 442 g/mol. The van der Waals surface area contributed by atoms with Gasteiger partial charge in [0.2, 0.25) is 5.91 Å². The van der Waals surface area contributed by atoms with Crippen molar-refractivity contribution in [2.24, 2.45) is 0 Å². The number of alkyl halides is 3. The van der Waals surface area contributed by atoms with Crippen LogP contribution in [-0.4, -0.2) is 16.4 Å². The van der Waals surface area contributed by atoms with Crippen molar-refractivity contribution in [1.82, 2.24) is 9.88 Å². The maximum atomic E-state index is 13.0. The van der Waals surface area contributed by atoms with Crippen LogP contribution in [0.25, 0.3) is 0 Å². The van der Waals surface area contributed by atoms with Gasteiger partial charge in [-0.05, 0) is 61.0 Å². The monoisotopic (exact) mass is 461 g/mol. The zero-order valence-electron chi connectivity index (χ0n) is 17.3. The number of hydrogen-bond donors (Lipinski definition) is 2. The van der Waals surface area contributed by atoms with Gasteiger partial charge in [-0.2, -0.15) is 13.2 Å². The second kappa shape index (κ2) is 9.68. The van der Waals surface area contributed by atoms with Gasteiger partial charge in [-0.3, -0.25) is 14.4 Å². The number of hydrogen-bond acceptors (Lipinski definition) is 3. The molecule has 1 heterocycles. The number of amides is 2. The Labute approximate surface area is 185 Å². The van der Waals surface area contributed by atoms with Crippen LogP contribution in [0.4, 0.5) is 23.2 Å². The van der Waals surface area contributed by atoms with Gasteiger partial charge in [0.15, 0.2) is 0 Å². The zero-order valence-corrected chi connectivity index (χ0v) is 17.3. The molecule has 0 saturated carbocycles. The van der Waals surface area contributed by atoms with E-state index in [0.29, 0.717) is 21.9 Å². The molecule has 0 unspecified atom stereocenters. The highest BCUT2D eigenvalue weighted by Gasteiger charge is 2.34. The lowest BCUT2D eigenvalue weighted by molar-refractivity contribution is -0.139. The van der Waals surface area contributed by atoms with Crippen molar-refractivity contribution in [3.63, 3.8) is 0 Å². The maximum Gasteiger partial charge on any atom is 0.421 e. The summed E-state index contributed by atoms with van der Waals surface area (Å²) in [6, 6.07) is 12.8. The Morgan fingerprint density at radius 1 is 1.00 bits per heavy atom. The van der Waals surface area contributed by atoms with Gasteiger partial charge < -0.3 is 15.2 Å². The quantitative estimate of drug-likeness (QED) is 0.542. The third-order valence-electron chi connectivity index (χ3n) is 4.79. The fourth-order valence-electron chi connectivity index (χ4n) is 3.06. The SMILES string of the molecule is C[C@@H](NC(=O)Cn1cccc(C(F)(F)F)c1=O)c1ccc(NC(=O)c2ccc(F)cc2)cc1. The van der Waals surface area contributed by atoms with Gasteiger partial charge in [-0.15, -0.1) is 0 Å². The van der Waals surface area contributed by atoms with Crippen molar-refractivity contribution < 1.29 is 27.2 Å². The van der Waals surface area contributed by atoms with E-state index in [9.17, 15) is 31.9 Å². The summed E-state index contributed by atoms with van der Waals surface area (Å²) in [5, 5.41) is 5.28. The molecule has 1 atom stereocenters. The van der Waals surface area contributed by atoms with Gasteiger partial charge in [0.25, 0.3) is 11.5 Å². The van der Waals surface area contributed by atoms with E-state index in [1.54, 1.807) is 31.2 Å².